The molecule has 2 N–H and O–H groups in total. The Morgan fingerprint density at radius 1 is 1.10 bits per heavy atom. The predicted octanol–water partition coefficient (Wildman–Crippen LogP) is 2.86. The predicted molar refractivity (Wildman–Crippen MR) is 109 cm³/mol. The number of hydrogen-bond acceptors (Lipinski definition) is 5. The normalized spacial score (nSPS) is 12.5. The van der Waals surface area contributed by atoms with Crippen LogP contribution in [0.5, 0.6) is 5.75 Å². The van der Waals surface area contributed by atoms with Gasteiger partial charge in [0, 0.05) is 23.7 Å². The fourth-order valence-electron chi connectivity index (χ4n) is 2.72. The molecule has 29 heavy (non-hydrogen) atoms. The minimum absolute atomic E-state index is 0.0817. The highest BCUT2D eigenvalue weighted by molar-refractivity contribution is 5.97. The second-order valence-electron chi connectivity index (χ2n) is 6.80. The van der Waals surface area contributed by atoms with Crippen molar-refractivity contribution in [2.24, 2.45) is 0 Å². The summed E-state index contributed by atoms with van der Waals surface area (Å²) in [5, 5.41) is 16.3. The average molecular weight is 399 g/mol. The maximum absolute atomic E-state index is 12.3. The third kappa shape index (κ3) is 6.60. The third-order valence-corrected chi connectivity index (χ3v) is 4.47. The standard InChI is InChI=1S/C21H25N3O5/c1-14(7-8-16-9-11-19(29-3)12-10-16)22-20(25)15(2)23-21(26)17-5-4-6-18(13-17)24(27)28/h4-6,9-15H,7-8H2,1-3H3,(H,22,25)(H,23,26). The molecular formula is C21H25N3O5. The van der Waals surface area contributed by atoms with Gasteiger partial charge < -0.3 is 15.4 Å². The minimum Gasteiger partial charge on any atom is -0.497 e. The molecule has 2 aromatic carbocycles. The molecule has 0 bridgehead atoms. The molecule has 2 unspecified atom stereocenters. The van der Waals surface area contributed by atoms with Gasteiger partial charge in [-0.2, -0.15) is 0 Å². The van der Waals surface area contributed by atoms with E-state index in [4.69, 9.17) is 4.74 Å². The summed E-state index contributed by atoms with van der Waals surface area (Å²) in [6.45, 7) is 3.47. The van der Waals surface area contributed by atoms with Crippen LogP contribution < -0.4 is 15.4 Å². The van der Waals surface area contributed by atoms with Gasteiger partial charge in [0.05, 0.1) is 12.0 Å². The molecule has 2 amide bonds. The lowest BCUT2D eigenvalue weighted by Gasteiger charge is -2.18. The van der Waals surface area contributed by atoms with Crippen LogP contribution in [0, 0.1) is 10.1 Å². The number of non-ortho nitro benzene ring substituents is 1. The number of ether oxygens (including phenoxy) is 1. The summed E-state index contributed by atoms with van der Waals surface area (Å²) in [6, 6.07) is 12.3. The number of nitrogens with zero attached hydrogens (tertiary/aromatic N) is 1. The van der Waals surface area contributed by atoms with Crippen molar-refractivity contribution in [1.29, 1.82) is 0 Å². The first-order valence-corrected chi connectivity index (χ1v) is 9.28. The zero-order valence-corrected chi connectivity index (χ0v) is 16.7. The molecule has 2 aromatic rings. The lowest BCUT2D eigenvalue weighted by Crippen LogP contribution is -2.47. The van der Waals surface area contributed by atoms with Gasteiger partial charge in [0.25, 0.3) is 11.6 Å². The van der Waals surface area contributed by atoms with Crippen molar-refractivity contribution in [3.8, 4) is 5.75 Å². The van der Waals surface area contributed by atoms with E-state index < -0.39 is 16.9 Å². The molecule has 2 rings (SSSR count). The molecule has 0 saturated heterocycles. The summed E-state index contributed by atoms with van der Waals surface area (Å²) in [4.78, 5) is 34.9. The number of benzene rings is 2. The smallest absolute Gasteiger partial charge is 0.270 e. The fraction of sp³-hybridized carbons (Fsp3) is 0.333. The Morgan fingerprint density at radius 3 is 2.41 bits per heavy atom. The zero-order chi connectivity index (χ0) is 21.4. The third-order valence-electron chi connectivity index (χ3n) is 4.47. The van der Waals surface area contributed by atoms with Gasteiger partial charge in [-0.15, -0.1) is 0 Å². The van der Waals surface area contributed by atoms with E-state index in [9.17, 15) is 19.7 Å². The van der Waals surface area contributed by atoms with E-state index in [-0.39, 0.29) is 23.2 Å². The zero-order valence-electron chi connectivity index (χ0n) is 16.7. The van der Waals surface area contributed by atoms with Gasteiger partial charge in [-0.3, -0.25) is 19.7 Å². The van der Waals surface area contributed by atoms with E-state index in [1.807, 2.05) is 31.2 Å². The van der Waals surface area contributed by atoms with Crippen molar-refractivity contribution < 1.29 is 19.2 Å². The number of nitro groups is 1. The van der Waals surface area contributed by atoms with Crippen LogP contribution in [-0.4, -0.2) is 35.9 Å². The number of nitro benzene ring substituents is 1. The number of nitrogens with one attached hydrogen (secondary N) is 2. The summed E-state index contributed by atoms with van der Waals surface area (Å²) >= 11 is 0. The molecule has 0 aliphatic heterocycles. The van der Waals surface area contributed by atoms with Gasteiger partial charge in [-0.05, 0) is 50.5 Å². The Labute approximate surface area is 169 Å². The van der Waals surface area contributed by atoms with Crippen LogP contribution in [0.2, 0.25) is 0 Å². The molecule has 0 fully saturated rings. The van der Waals surface area contributed by atoms with Crippen molar-refractivity contribution in [2.45, 2.75) is 38.8 Å². The van der Waals surface area contributed by atoms with Crippen molar-refractivity contribution in [2.75, 3.05) is 7.11 Å². The van der Waals surface area contributed by atoms with Crippen molar-refractivity contribution in [1.82, 2.24) is 10.6 Å². The maximum atomic E-state index is 12.3. The molecule has 0 spiro atoms. The average Bonchev–Trinajstić information content (AvgIpc) is 2.72. The number of rotatable bonds is 9. The molecule has 0 saturated carbocycles. The minimum atomic E-state index is -0.773. The summed E-state index contributed by atoms with van der Waals surface area (Å²) < 4.78 is 5.13. The molecule has 8 heteroatoms. The quantitative estimate of drug-likeness (QED) is 0.498. The number of amides is 2. The fourth-order valence-corrected chi connectivity index (χ4v) is 2.72. The Kier molecular flexibility index (Phi) is 7.70. The second-order valence-corrected chi connectivity index (χ2v) is 6.80. The largest absolute Gasteiger partial charge is 0.497 e. The van der Waals surface area contributed by atoms with Crippen LogP contribution in [0.3, 0.4) is 0 Å². The van der Waals surface area contributed by atoms with Crippen LogP contribution in [0.4, 0.5) is 5.69 Å². The van der Waals surface area contributed by atoms with Gasteiger partial charge in [0.15, 0.2) is 0 Å². The molecule has 0 aliphatic rings. The first-order chi connectivity index (χ1) is 13.8. The Morgan fingerprint density at radius 2 is 1.79 bits per heavy atom. The number of carbonyl (C=O) groups excluding carboxylic acids is 2. The Bertz CT molecular complexity index is 867. The van der Waals surface area contributed by atoms with E-state index in [1.54, 1.807) is 14.0 Å². The van der Waals surface area contributed by atoms with Gasteiger partial charge in [-0.25, -0.2) is 0 Å². The molecule has 154 valence electrons. The first kappa shape index (κ1) is 21.9. The molecule has 8 nitrogen and oxygen atoms in total. The monoisotopic (exact) mass is 399 g/mol. The van der Waals surface area contributed by atoms with Crippen molar-refractivity contribution >= 4 is 17.5 Å². The second kappa shape index (κ2) is 10.2. The maximum Gasteiger partial charge on any atom is 0.270 e. The van der Waals surface area contributed by atoms with Gasteiger partial charge in [-0.1, -0.05) is 18.2 Å². The van der Waals surface area contributed by atoms with Crippen LogP contribution in [0.25, 0.3) is 0 Å². The molecule has 0 aliphatic carbocycles. The first-order valence-electron chi connectivity index (χ1n) is 9.28. The highest BCUT2D eigenvalue weighted by Gasteiger charge is 2.19. The Balaban J connectivity index is 1.83. The van der Waals surface area contributed by atoms with Gasteiger partial charge in [0.2, 0.25) is 5.91 Å². The van der Waals surface area contributed by atoms with Crippen LogP contribution in [0.15, 0.2) is 48.5 Å². The highest BCUT2D eigenvalue weighted by atomic mass is 16.6. The summed E-state index contributed by atoms with van der Waals surface area (Å²) in [5.74, 6) is -0.0586. The van der Waals surface area contributed by atoms with E-state index in [0.29, 0.717) is 0 Å². The number of hydrogen-bond donors (Lipinski definition) is 2. The topological polar surface area (TPSA) is 111 Å². The summed E-state index contributed by atoms with van der Waals surface area (Å²) in [5.41, 5.74) is 1.09. The lowest BCUT2D eigenvalue weighted by atomic mass is 10.1. The van der Waals surface area contributed by atoms with Gasteiger partial charge >= 0.3 is 0 Å². The van der Waals surface area contributed by atoms with Crippen molar-refractivity contribution in [3.63, 3.8) is 0 Å². The molecular weight excluding hydrogens is 374 g/mol. The van der Waals surface area contributed by atoms with Crippen LogP contribution >= 0.6 is 0 Å². The number of aryl methyl sites for hydroxylation is 1. The van der Waals surface area contributed by atoms with Crippen LogP contribution in [-0.2, 0) is 11.2 Å². The molecule has 0 radical (unpaired) electrons. The lowest BCUT2D eigenvalue weighted by molar-refractivity contribution is -0.384. The van der Waals surface area contributed by atoms with E-state index in [1.165, 1.54) is 24.3 Å². The van der Waals surface area contributed by atoms with E-state index >= 15 is 0 Å². The summed E-state index contributed by atoms with van der Waals surface area (Å²) in [6.07, 6.45) is 1.53. The van der Waals surface area contributed by atoms with Crippen molar-refractivity contribution in [3.05, 3.63) is 69.8 Å². The molecule has 0 aromatic heterocycles. The van der Waals surface area contributed by atoms with Crippen LogP contribution in [0.1, 0.15) is 36.2 Å². The molecule has 0 heterocycles. The molecule has 2 atom stereocenters. The highest BCUT2D eigenvalue weighted by Crippen LogP contribution is 2.14. The summed E-state index contributed by atoms with van der Waals surface area (Å²) in [7, 11) is 1.62. The van der Waals surface area contributed by atoms with Gasteiger partial charge in [0.1, 0.15) is 11.8 Å². The van der Waals surface area contributed by atoms with E-state index in [2.05, 4.69) is 10.6 Å². The number of methoxy groups -OCH3 is 1. The SMILES string of the molecule is COc1ccc(CCC(C)NC(=O)C(C)NC(=O)c2cccc([N+](=O)[O-])c2)cc1. The van der Waals surface area contributed by atoms with E-state index in [0.717, 1.165) is 24.2 Å². The Hall–Kier alpha value is -3.42. The number of carbonyl (C=O) groups is 2.